The van der Waals surface area contributed by atoms with Crippen LogP contribution in [-0.4, -0.2) is 19.1 Å². The SMILES string of the molecule is COC(=O)NC(C)=C1NC(=O)c2ccccc2C(c2ccccc2)N1. The molecule has 2 aromatic rings. The van der Waals surface area contributed by atoms with Crippen molar-refractivity contribution in [3.63, 3.8) is 0 Å². The van der Waals surface area contributed by atoms with Crippen molar-refractivity contribution < 1.29 is 14.3 Å². The molecule has 3 rings (SSSR count). The molecule has 3 N–H and O–H groups in total. The lowest BCUT2D eigenvalue weighted by Gasteiger charge is -2.21. The van der Waals surface area contributed by atoms with Crippen LogP contribution in [0.4, 0.5) is 4.79 Å². The molecule has 2 aromatic carbocycles. The number of fused-ring (bicyclic) bond motifs is 1. The number of rotatable bonds is 2. The van der Waals surface area contributed by atoms with Crippen molar-refractivity contribution in [2.75, 3.05) is 7.11 Å². The van der Waals surface area contributed by atoms with Crippen molar-refractivity contribution in [1.82, 2.24) is 16.0 Å². The van der Waals surface area contributed by atoms with Crippen LogP contribution >= 0.6 is 0 Å². The summed E-state index contributed by atoms with van der Waals surface area (Å²) in [6, 6.07) is 17.0. The third-order valence-electron chi connectivity index (χ3n) is 4.03. The minimum atomic E-state index is -0.598. The van der Waals surface area contributed by atoms with E-state index in [0.29, 0.717) is 17.1 Å². The standard InChI is InChI=1S/C19H19N3O3/c1-12(20-19(24)25-2)17-21-16(13-8-4-3-5-9-13)14-10-6-7-11-15(14)18(23)22-17/h3-11,16,21H,1-2H3,(H,20,24)(H,22,23). The van der Waals surface area contributed by atoms with Crippen LogP contribution in [0.1, 0.15) is 34.5 Å². The lowest BCUT2D eigenvalue weighted by molar-refractivity contribution is 0.0964. The van der Waals surface area contributed by atoms with Gasteiger partial charge in [-0.05, 0) is 24.1 Å². The first kappa shape index (κ1) is 16.6. The molecule has 0 saturated heterocycles. The van der Waals surface area contributed by atoms with E-state index in [9.17, 15) is 9.59 Å². The Morgan fingerprint density at radius 1 is 1.08 bits per heavy atom. The average molecular weight is 337 g/mol. The van der Waals surface area contributed by atoms with Crippen LogP contribution < -0.4 is 16.0 Å². The van der Waals surface area contributed by atoms with E-state index in [-0.39, 0.29) is 11.9 Å². The number of carbonyl (C=O) groups is 2. The van der Waals surface area contributed by atoms with Gasteiger partial charge in [0.05, 0.1) is 18.8 Å². The van der Waals surface area contributed by atoms with Gasteiger partial charge in [0.1, 0.15) is 5.82 Å². The second kappa shape index (κ2) is 7.09. The second-order valence-electron chi connectivity index (χ2n) is 5.65. The van der Waals surface area contributed by atoms with Crippen LogP contribution in [0.25, 0.3) is 0 Å². The predicted octanol–water partition coefficient (Wildman–Crippen LogP) is 2.65. The summed E-state index contributed by atoms with van der Waals surface area (Å²) in [6.07, 6.45) is -0.598. The van der Waals surface area contributed by atoms with Gasteiger partial charge < -0.3 is 15.4 Å². The van der Waals surface area contributed by atoms with Crippen LogP contribution in [0.15, 0.2) is 66.1 Å². The van der Waals surface area contributed by atoms with Crippen LogP contribution in [0, 0.1) is 0 Å². The van der Waals surface area contributed by atoms with Crippen molar-refractivity contribution in [3.05, 3.63) is 82.8 Å². The summed E-state index contributed by atoms with van der Waals surface area (Å²) in [4.78, 5) is 24.1. The van der Waals surface area contributed by atoms with E-state index in [1.807, 2.05) is 48.5 Å². The topological polar surface area (TPSA) is 79.5 Å². The molecular formula is C19H19N3O3. The summed E-state index contributed by atoms with van der Waals surface area (Å²) < 4.78 is 4.62. The molecule has 1 heterocycles. The molecule has 6 heteroatoms. The van der Waals surface area contributed by atoms with Crippen LogP contribution in [0.2, 0.25) is 0 Å². The first-order chi connectivity index (χ1) is 12.1. The number of benzene rings is 2. The fourth-order valence-electron chi connectivity index (χ4n) is 2.77. The zero-order chi connectivity index (χ0) is 17.8. The molecule has 6 nitrogen and oxygen atoms in total. The second-order valence-corrected chi connectivity index (χ2v) is 5.65. The van der Waals surface area contributed by atoms with E-state index in [4.69, 9.17) is 0 Å². The van der Waals surface area contributed by atoms with Gasteiger partial charge in [0.25, 0.3) is 5.91 Å². The summed E-state index contributed by atoms with van der Waals surface area (Å²) in [5.74, 6) is 0.197. The lowest BCUT2D eigenvalue weighted by Crippen LogP contribution is -2.35. The zero-order valence-electron chi connectivity index (χ0n) is 14.0. The van der Waals surface area contributed by atoms with Gasteiger partial charge in [-0.15, -0.1) is 0 Å². The first-order valence-electron chi connectivity index (χ1n) is 7.87. The van der Waals surface area contributed by atoms with Gasteiger partial charge >= 0.3 is 6.09 Å². The Morgan fingerprint density at radius 2 is 1.76 bits per heavy atom. The minimum absolute atomic E-state index is 0.234. The quantitative estimate of drug-likeness (QED) is 0.787. The van der Waals surface area contributed by atoms with Crippen molar-refractivity contribution in [2.45, 2.75) is 13.0 Å². The number of ether oxygens (including phenoxy) is 1. The summed E-state index contributed by atoms with van der Waals surface area (Å²) in [7, 11) is 1.29. The third kappa shape index (κ3) is 3.47. The molecule has 1 unspecified atom stereocenters. The molecule has 0 fully saturated rings. The molecule has 128 valence electrons. The Labute approximate surface area is 145 Å². The molecule has 1 aliphatic rings. The minimum Gasteiger partial charge on any atom is -0.453 e. The van der Waals surface area contributed by atoms with Gasteiger partial charge in [0.15, 0.2) is 0 Å². The normalized spacial score (nSPS) is 18.2. The molecule has 1 aliphatic heterocycles. The van der Waals surface area contributed by atoms with Gasteiger partial charge in [0.2, 0.25) is 0 Å². The molecule has 25 heavy (non-hydrogen) atoms. The maximum Gasteiger partial charge on any atom is 0.411 e. The lowest BCUT2D eigenvalue weighted by atomic mass is 9.94. The zero-order valence-corrected chi connectivity index (χ0v) is 14.0. The summed E-state index contributed by atoms with van der Waals surface area (Å²) in [6.45, 7) is 1.69. The van der Waals surface area contributed by atoms with Gasteiger partial charge in [-0.3, -0.25) is 10.1 Å². The molecule has 0 saturated carbocycles. The highest BCUT2D eigenvalue weighted by Gasteiger charge is 2.27. The summed E-state index contributed by atoms with van der Waals surface area (Å²) in [5, 5.41) is 8.74. The van der Waals surface area contributed by atoms with Crippen LogP contribution in [-0.2, 0) is 4.74 Å². The smallest absolute Gasteiger partial charge is 0.411 e. The maximum absolute atomic E-state index is 12.6. The Balaban J connectivity index is 2.07. The predicted molar refractivity (Wildman–Crippen MR) is 93.6 cm³/mol. The number of amides is 2. The van der Waals surface area contributed by atoms with E-state index in [0.717, 1.165) is 11.1 Å². The van der Waals surface area contributed by atoms with E-state index >= 15 is 0 Å². The molecular weight excluding hydrogens is 318 g/mol. The van der Waals surface area contributed by atoms with Gasteiger partial charge in [-0.1, -0.05) is 48.5 Å². The third-order valence-corrected chi connectivity index (χ3v) is 4.03. The van der Waals surface area contributed by atoms with Crippen molar-refractivity contribution >= 4 is 12.0 Å². The van der Waals surface area contributed by atoms with E-state index < -0.39 is 6.09 Å². The van der Waals surface area contributed by atoms with Crippen molar-refractivity contribution in [1.29, 1.82) is 0 Å². The molecule has 0 aromatic heterocycles. The Morgan fingerprint density at radius 3 is 2.48 bits per heavy atom. The van der Waals surface area contributed by atoms with Crippen molar-refractivity contribution in [3.8, 4) is 0 Å². The molecule has 0 bridgehead atoms. The summed E-state index contributed by atoms with van der Waals surface area (Å²) >= 11 is 0. The number of allylic oxidation sites excluding steroid dienone is 1. The largest absolute Gasteiger partial charge is 0.453 e. The number of carbonyl (C=O) groups excluding carboxylic acids is 2. The van der Waals surface area contributed by atoms with Gasteiger partial charge in [-0.25, -0.2) is 4.79 Å². The van der Waals surface area contributed by atoms with Gasteiger partial charge in [-0.2, -0.15) is 0 Å². The highest BCUT2D eigenvalue weighted by atomic mass is 16.5. The number of hydrogen-bond donors (Lipinski definition) is 3. The monoisotopic (exact) mass is 337 g/mol. The first-order valence-corrected chi connectivity index (χ1v) is 7.87. The number of alkyl carbamates (subject to hydrolysis) is 1. The molecule has 0 spiro atoms. The highest BCUT2D eigenvalue weighted by Crippen LogP contribution is 2.28. The summed E-state index contributed by atoms with van der Waals surface area (Å²) in [5.41, 5.74) is 2.93. The Bertz CT molecular complexity index is 831. The highest BCUT2D eigenvalue weighted by molar-refractivity contribution is 5.97. The molecule has 1 atom stereocenters. The Kier molecular flexibility index (Phi) is 4.70. The van der Waals surface area contributed by atoms with E-state index in [1.54, 1.807) is 13.0 Å². The maximum atomic E-state index is 12.6. The van der Waals surface area contributed by atoms with Crippen molar-refractivity contribution in [2.24, 2.45) is 0 Å². The van der Waals surface area contributed by atoms with E-state index in [1.165, 1.54) is 7.11 Å². The number of hydrogen-bond acceptors (Lipinski definition) is 4. The average Bonchev–Trinajstić information content (AvgIpc) is 2.79. The van der Waals surface area contributed by atoms with Crippen LogP contribution in [0.5, 0.6) is 0 Å². The van der Waals surface area contributed by atoms with Crippen LogP contribution in [0.3, 0.4) is 0 Å². The fourth-order valence-corrected chi connectivity index (χ4v) is 2.77. The van der Waals surface area contributed by atoms with Gasteiger partial charge in [0, 0.05) is 5.56 Å². The molecule has 0 radical (unpaired) electrons. The number of nitrogens with one attached hydrogen (secondary N) is 3. The molecule has 0 aliphatic carbocycles. The van der Waals surface area contributed by atoms with E-state index in [2.05, 4.69) is 20.7 Å². The number of methoxy groups -OCH3 is 1. The molecule has 2 amide bonds. The Hall–Kier alpha value is -3.28. The fraction of sp³-hybridized carbons (Fsp3) is 0.158.